The molecule has 3 aromatic heterocycles. The summed E-state index contributed by atoms with van der Waals surface area (Å²) in [5.41, 5.74) is 3.18. The number of halogens is 2. The molecular weight excluding hydrogens is 588 g/mol. The van der Waals surface area contributed by atoms with Gasteiger partial charge in [-0.25, -0.2) is 27.2 Å². The van der Waals surface area contributed by atoms with Crippen LogP contribution >= 0.6 is 0 Å². The molecule has 12 heteroatoms. The van der Waals surface area contributed by atoms with Crippen LogP contribution in [0.2, 0.25) is 0 Å². The number of furan rings is 1. The summed E-state index contributed by atoms with van der Waals surface area (Å²) in [4.78, 5) is 25.6. The lowest BCUT2D eigenvalue weighted by Gasteiger charge is -2.13. The molecule has 3 heterocycles. The smallest absolute Gasteiger partial charge is 0.255 e. The first-order valence-corrected chi connectivity index (χ1v) is 15.1. The van der Waals surface area contributed by atoms with Crippen LogP contribution in [0.4, 0.5) is 14.5 Å². The Morgan fingerprint density at radius 3 is 2.55 bits per heavy atom. The first-order chi connectivity index (χ1) is 21.1. The monoisotopic (exact) mass is 613 g/mol. The van der Waals surface area contributed by atoms with Gasteiger partial charge in [0.2, 0.25) is 10.0 Å². The molecule has 44 heavy (non-hydrogen) atoms. The number of nitrogens with zero attached hydrogens (tertiary/aromatic N) is 2. The van der Waals surface area contributed by atoms with E-state index in [1.54, 1.807) is 30.3 Å². The number of H-pyrrole nitrogens is 1. The third-order valence-electron chi connectivity index (χ3n) is 7.18. The Balaban J connectivity index is 1.62. The molecule has 0 aliphatic heterocycles. The van der Waals surface area contributed by atoms with Crippen LogP contribution in [0.5, 0.6) is 0 Å². The summed E-state index contributed by atoms with van der Waals surface area (Å²) < 4.78 is 62.4. The Kier molecular flexibility index (Phi) is 7.22. The SMILES string of the molecule is C=Cc1cnc(-c2cc3c(C(=O)NC)c(-c4ccc(F)cc4)oc3cc2NS(=O)(=O)CC)nc1-c1cc2c(F)cccc2[nH]1. The molecular formula is C32H25F2N5O4S. The average molecular weight is 614 g/mol. The number of hydrogen-bond donors (Lipinski definition) is 3. The molecule has 0 saturated heterocycles. The minimum Gasteiger partial charge on any atom is -0.455 e. The second-order valence-corrected chi connectivity index (χ2v) is 11.9. The van der Waals surface area contributed by atoms with Gasteiger partial charge in [0, 0.05) is 52.3 Å². The molecule has 0 unspecified atom stereocenters. The number of carbonyl (C=O) groups excluding carboxylic acids is 1. The van der Waals surface area contributed by atoms with Crippen molar-refractivity contribution in [2.75, 3.05) is 17.5 Å². The highest BCUT2D eigenvalue weighted by Gasteiger charge is 2.25. The summed E-state index contributed by atoms with van der Waals surface area (Å²) in [7, 11) is -2.32. The fourth-order valence-electron chi connectivity index (χ4n) is 4.94. The lowest BCUT2D eigenvalue weighted by molar-refractivity contribution is 0.0964. The molecule has 0 radical (unpaired) electrons. The van der Waals surface area contributed by atoms with Crippen molar-refractivity contribution in [1.82, 2.24) is 20.3 Å². The van der Waals surface area contributed by atoms with Crippen LogP contribution in [0.15, 0.2) is 77.9 Å². The Morgan fingerprint density at radius 2 is 1.86 bits per heavy atom. The number of nitrogens with one attached hydrogen (secondary N) is 3. The highest BCUT2D eigenvalue weighted by Crippen LogP contribution is 2.40. The van der Waals surface area contributed by atoms with Gasteiger partial charge < -0.3 is 14.7 Å². The van der Waals surface area contributed by atoms with Crippen LogP contribution < -0.4 is 10.0 Å². The fraction of sp³-hybridized carbons (Fsp3) is 0.0938. The van der Waals surface area contributed by atoms with Gasteiger partial charge in [0.15, 0.2) is 5.82 Å². The maximum absolute atomic E-state index is 14.5. The zero-order valence-electron chi connectivity index (χ0n) is 23.5. The number of hydrogen-bond acceptors (Lipinski definition) is 6. The van der Waals surface area contributed by atoms with E-state index in [0.717, 1.165) is 0 Å². The number of rotatable bonds is 8. The summed E-state index contributed by atoms with van der Waals surface area (Å²) in [6.07, 6.45) is 3.08. The van der Waals surface area contributed by atoms with Crippen LogP contribution in [-0.4, -0.2) is 42.1 Å². The number of aromatic amines is 1. The van der Waals surface area contributed by atoms with E-state index >= 15 is 0 Å². The van der Waals surface area contributed by atoms with Crippen LogP contribution in [0.1, 0.15) is 22.8 Å². The van der Waals surface area contributed by atoms with E-state index in [2.05, 4.69) is 26.6 Å². The molecule has 0 aliphatic rings. The molecule has 0 fully saturated rings. The van der Waals surface area contributed by atoms with Gasteiger partial charge in [-0.3, -0.25) is 9.52 Å². The maximum Gasteiger partial charge on any atom is 0.255 e. The van der Waals surface area contributed by atoms with Crippen molar-refractivity contribution in [2.45, 2.75) is 6.92 Å². The highest BCUT2D eigenvalue weighted by atomic mass is 32.2. The molecule has 0 atom stereocenters. The van der Waals surface area contributed by atoms with E-state index in [1.165, 1.54) is 56.6 Å². The van der Waals surface area contributed by atoms with Gasteiger partial charge in [0.1, 0.15) is 23.0 Å². The topological polar surface area (TPSA) is 130 Å². The third-order valence-corrected chi connectivity index (χ3v) is 8.47. The van der Waals surface area contributed by atoms with Crippen molar-refractivity contribution in [3.63, 3.8) is 0 Å². The molecule has 3 N–H and O–H groups in total. The van der Waals surface area contributed by atoms with Crippen molar-refractivity contribution >= 4 is 49.6 Å². The average Bonchev–Trinajstić information content (AvgIpc) is 3.63. The molecule has 6 aromatic rings. The van der Waals surface area contributed by atoms with Gasteiger partial charge >= 0.3 is 0 Å². The summed E-state index contributed by atoms with van der Waals surface area (Å²) in [5, 5.41) is 3.33. The van der Waals surface area contributed by atoms with E-state index < -0.39 is 27.6 Å². The number of benzene rings is 3. The van der Waals surface area contributed by atoms with E-state index in [1.807, 2.05) is 0 Å². The van der Waals surface area contributed by atoms with Crippen LogP contribution in [0, 0.1) is 11.6 Å². The van der Waals surface area contributed by atoms with E-state index in [0.29, 0.717) is 38.8 Å². The predicted octanol–water partition coefficient (Wildman–Crippen LogP) is 6.75. The molecule has 6 rings (SSSR count). The molecule has 9 nitrogen and oxygen atoms in total. The van der Waals surface area contributed by atoms with Gasteiger partial charge in [-0.2, -0.15) is 0 Å². The quantitative estimate of drug-likeness (QED) is 0.174. The standard InChI is InChI=1S/C32H25F2N5O4S/c1-4-17-16-36-31(38-29(17)26-14-20-23(34)7-6-8-24(20)37-26)21-13-22-27(15-25(21)39-44(41,42)5-2)43-30(28(22)32(40)35-3)18-9-11-19(33)12-10-18/h4,6-16,37,39H,1,5H2,2-3H3,(H,35,40). The summed E-state index contributed by atoms with van der Waals surface area (Å²) in [5.74, 6) is -1.26. The van der Waals surface area contributed by atoms with E-state index in [-0.39, 0.29) is 39.7 Å². The lowest BCUT2D eigenvalue weighted by Crippen LogP contribution is -2.18. The van der Waals surface area contributed by atoms with Crippen molar-refractivity contribution in [2.24, 2.45) is 0 Å². The zero-order valence-corrected chi connectivity index (χ0v) is 24.4. The van der Waals surface area contributed by atoms with Gasteiger partial charge in [0.25, 0.3) is 5.91 Å². The second-order valence-electron chi connectivity index (χ2n) is 9.88. The predicted molar refractivity (Wildman–Crippen MR) is 166 cm³/mol. The van der Waals surface area contributed by atoms with Crippen molar-refractivity contribution in [1.29, 1.82) is 0 Å². The van der Waals surface area contributed by atoms with Gasteiger partial charge in [0.05, 0.1) is 28.4 Å². The van der Waals surface area contributed by atoms with Crippen LogP contribution in [0.25, 0.3) is 62.0 Å². The first kappa shape index (κ1) is 28.7. The Labute approximate surface area is 250 Å². The fourth-order valence-corrected chi connectivity index (χ4v) is 5.59. The molecule has 1 amide bonds. The number of fused-ring (bicyclic) bond motifs is 2. The summed E-state index contributed by atoms with van der Waals surface area (Å²) in [6, 6.07) is 14.8. The van der Waals surface area contributed by atoms with Crippen molar-refractivity contribution in [3.8, 4) is 34.1 Å². The van der Waals surface area contributed by atoms with Crippen LogP contribution in [-0.2, 0) is 10.0 Å². The number of sulfonamides is 1. The van der Waals surface area contributed by atoms with Crippen molar-refractivity contribution < 1.29 is 26.4 Å². The minimum absolute atomic E-state index is 0.113. The summed E-state index contributed by atoms with van der Waals surface area (Å²) >= 11 is 0. The second kappa shape index (κ2) is 11.0. The first-order valence-electron chi connectivity index (χ1n) is 13.5. The Hall–Kier alpha value is -5.36. The molecule has 222 valence electrons. The van der Waals surface area contributed by atoms with Gasteiger partial charge in [-0.1, -0.05) is 18.7 Å². The maximum atomic E-state index is 14.5. The molecule has 3 aromatic carbocycles. The number of carbonyl (C=O) groups is 1. The number of anilines is 1. The zero-order chi connectivity index (χ0) is 31.2. The van der Waals surface area contributed by atoms with E-state index in [9.17, 15) is 22.0 Å². The summed E-state index contributed by atoms with van der Waals surface area (Å²) in [6.45, 7) is 5.34. The minimum atomic E-state index is -3.78. The molecule has 0 spiro atoms. The van der Waals surface area contributed by atoms with Gasteiger partial charge in [-0.05, 0) is 55.5 Å². The number of amides is 1. The Morgan fingerprint density at radius 1 is 1.09 bits per heavy atom. The van der Waals surface area contributed by atoms with E-state index in [4.69, 9.17) is 9.40 Å². The van der Waals surface area contributed by atoms with Gasteiger partial charge in [-0.15, -0.1) is 0 Å². The Bertz CT molecular complexity index is 2210. The highest BCUT2D eigenvalue weighted by molar-refractivity contribution is 7.92. The van der Waals surface area contributed by atoms with Crippen molar-refractivity contribution in [3.05, 3.63) is 96.2 Å². The third kappa shape index (κ3) is 5.09. The largest absolute Gasteiger partial charge is 0.455 e. The normalized spacial score (nSPS) is 11.6. The molecule has 0 aliphatic carbocycles. The van der Waals surface area contributed by atoms with Crippen LogP contribution in [0.3, 0.4) is 0 Å². The lowest BCUT2D eigenvalue weighted by atomic mass is 10.0. The number of aromatic nitrogens is 3. The molecule has 0 bridgehead atoms. The molecule has 0 saturated carbocycles.